The van der Waals surface area contributed by atoms with Crippen molar-refractivity contribution in [1.29, 1.82) is 0 Å². The Morgan fingerprint density at radius 3 is 2.61 bits per heavy atom. The van der Waals surface area contributed by atoms with Gasteiger partial charge in [-0.05, 0) is 49.4 Å². The molecule has 0 saturated heterocycles. The van der Waals surface area contributed by atoms with E-state index in [2.05, 4.69) is 20.4 Å². The van der Waals surface area contributed by atoms with E-state index in [0.29, 0.717) is 11.0 Å². The molecular weight excluding hydrogens is 374 g/mol. The second-order valence-corrected chi connectivity index (χ2v) is 6.58. The van der Waals surface area contributed by atoms with Crippen molar-refractivity contribution in [3.05, 3.63) is 77.7 Å². The number of hydrogen-bond acceptors (Lipinski definition) is 5. The van der Waals surface area contributed by atoms with E-state index in [1.165, 1.54) is 0 Å². The maximum atomic E-state index is 5.97. The van der Waals surface area contributed by atoms with Gasteiger partial charge in [-0.25, -0.2) is 14.6 Å². The van der Waals surface area contributed by atoms with Gasteiger partial charge in [0, 0.05) is 23.0 Å². The van der Waals surface area contributed by atoms with Crippen LogP contribution < -0.4 is 10.1 Å². The molecule has 2 aromatic heterocycles. The molecule has 0 aliphatic carbocycles. The van der Waals surface area contributed by atoms with Crippen LogP contribution in [0.15, 0.2) is 67.0 Å². The highest BCUT2D eigenvalue weighted by Crippen LogP contribution is 2.27. The number of para-hydroxylation sites is 2. The van der Waals surface area contributed by atoms with E-state index in [-0.39, 0.29) is 0 Å². The summed E-state index contributed by atoms with van der Waals surface area (Å²) in [6, 6.07) is 17.0. The molecule has 4 rings (SSSR count). The maximum Gasteiger partial charge on any atom is 0.227 e. The molecule has 0 atom stereocenters. The van der Waals surface area contributed by atoms with Crippen LogP contribution in [0, 0.1) is 6.92 Å². The fraction of sp³-hybridized carbons (Fsp3) is 0.0952. The van der Waals surface area contributed by atoms with Crippen molar-refractivity contribution >= 4 is 23.2 Å². The molecule has 0 aliphatic rings. The number of benzene rings is 2. The zero-order valence-electron chi connectivity index (χ0n) is 15.4. The van der Waals surface area contributed by atoms with Crippen molar-refractivity contribution in [1.82, 2.24) is 19.7 Å². The Bertz CT molecular complexity index is 1110. The second kappa shape index (κ2) is 7.70. The minimum absolute atomic E-state index is 0.487. The van der Waals surface area contributed by atoms with Gasteiger partial charge in [0.15, 0.2) is 0 Å². The quantitative estimate of drug-likeness (QED) is 0.516. The lowest BCUT2D eigenvalue weighted by atomic mass is 10.2. The summed E-state index contributed by atoms with van der Waals surface area (Å²) < 4.78 is 7.19. The lowest BCUT2D eigenvalue weighted by molar-refractivity contribution is 0.417. The summed E-state index contributed by atoms with van der Waals surface area (Å²) >= 11 is 5.97. The SMILES string of the molecule is COc1ccccc1Nc1nccc(-c2cn(-c3ccc(Cl)cc3)nc2C)n1. The van der Waals surface area contributed by atoms with E-state index in [0.717, 1.165) is 34.1 Å². The van der Waals surface area contributed by atoms with Crippen LogP contribution in [0.5, 0.6) is 5.75 Å². The monoisotopic (exact) mass is 391 g/mol. The normalized spacial score (nSPS) is 10.7. The fourth-order valence-corrected chi connectivity index (χ4v) is 3.00. The first-order valence-corrected chi connectivity index (χ1v) is 9.07. The summed E-state index contributed by atoms with van der Waals surface area (Å²) in [6.45, 7) is 1.96. The predicted molar refractivity (Wildman–Crippen MR) is 111 cm³/mol. The summed E-state index contributed by atoms with van der Waals surface area (Å²) in [5.74, 6) is 1.21. The molecule has 0 spiro atoms. The Balaban J connectivity index is 1.65. The Morgan fingerprint density at radius 2 is 1.82 bits per heavy atom. The van der Waals surface area contributed by atoms with E-state index in [1.54, 1.807) is 13.3 Å². The molecule has 2 aromatic carbocycles. The molecule has 6 nitrogen and oxygen atoms in total. The van der Waals surface area contributed by atoms with Gasteiger partial charge in [-0.15, -0.1) is 0 Å². The van der Waals surface area contributed by atoms with Crippen LogP contribution in [-0.4, -0.2) is 26.9 Å². The average Bonchev–Trinajstić information content (AvgIpc) is 3.11. The Morgan fingerprint density at radius 1 is 1.04 bits per heavy atom. The van der Waals surface area contributed by atoms with Gasteiger partial charge in [-0.3, -0.25) is 0 Å². The number of nitrogens with one attached hydrogen (secondary N) is 1. The lowest BCUT2D eigenvalue weighted by Crippen LogP contribution is -1.99. The molecule has 1 N–H and O–H groups in total. The number of hydrogen-bond donors (Lipinski definition) is 1. The van der Waals surface area contributed by atoms with E-state index >= 15 is 0 Å². The number of aromatic nitrogens is 4. The van der Waals surface area contributed by atoms with E-state index < -0.39 is 0 Å². The van der Waals surface area contributed by atoms with Gasteiger partial charge in [-0.1, -0.05) is 23.7 Å². The first-order chi connectivity index (χ1) is 13.6. The molecule has 0 amide bonds. The zero-order chi connectivity index (χ0) is 19.5. The van der Waals surface area contributed by atoms with E-state index in [9.17, 15) is 0 Å². The van der Waals surface area contributed by atoms with Crippen LogP contribution in [0.2, 0.25) is 5.02 Å². The fourth-order valence-electron chi connectivity index (χ4n) is 2.87. The van der Waals surface area contributed by atoms with Gasteiger partial charge in [0.25, 0.3) is 0 Å². The van der Waals surface area contributed by atoms with Crippen molar-refractivity contribution in [2.75, 3.05) is 12.4 Å². The third-order valence-electron chi connectivity index (χ3n) is 4.28. The van der Waals surface area contributed by atoms with Crippen molar-refractivity contribution in [3.63, 3.8) is 0 Å². The molecule has 0 aliphatic heterocycles. The number of ether oxygens (including phenoxy) is 1. The molecule has 0 saturated carbocycles. The molecule has 28 heavy (non-hydrogen) atoms. The third-order valence-corrected chi connectivity index (χ3v) is 4.53. The van der Waals surface area contributed by atoms with Crippen LogP contribution in [0.1, 0.15) is 5.69 Å². The van der Waals surface area contributed by atoms with Crippen LogP contribution in [0.4, 0.5) is 11.6 Å². The summed E-state index contributed by atoms with van der Waals surface area (Å²) in [4.78, 5) is 8.96. The first kappa shape index (κ1) is 18.0. The highest BCUT2D eigenvalue weighted by molar-refractivity contribution is 6.30. The van der Waals surface area contributed by atoms with Crippen molar-refractivity contribution in [2.24, 2.45) is 0 Å². The molecule has 7 heteroatoms. The van der Waals surface area contributed by atoms with Gasteiger partial charge in [0.2, 0.25) is 5.95 Å². The molecule has 0 radical (unpaired) electrons. The molecular formula is C21H18ClN5O. The van der Waals surface area contributed by atoms with Crippen LogP contribution in [0.25, 0.3) is 16.9 Å². The minimum Gasteiger partial charge on any atom is -0.495 e. The lowest BCUT2D eigenvalue weighted by Gasteiger charge is -2.10. The number of halogens is 1. The molecule has 140 valence electrons. The topological polar surface area (TPSA) is 64.9 Å². The van der Waals surface area contributed by atoms with Crippen LogP contribution in [0.3, 0.4) is 0 Å². The van der Waals surface area contributed by atoms with Gasteiger partial charge >= 0.3 is 0 Å². The molecule has 0 bridgehead atoms. The Kier molecular flexibility index (Phi) is 4.95. The smallest absolute Gasteiger partial charge is 0.227 e. The van der Waals surface area contributed by atoms with Gasteiger partial charge in [0.05, 0.1) is 29.9 Å². The van der Waals surface area contributed by atoms with E-state index in [4.69, 9.17) is 16.3 Å². The summed E-state index contributed by atoms with van der Waals surface area (Å²) in [7, 11) is 1.63. The highest BCUT2D eigenvalue weighted by Gasteiger charge is 2.12. The summed E-state index contributed by atoms with van der Waals surface area (Å²) in [5, 5.41) is 8.50. The molecule has 4 aromatic rings. The summed E-state index contributed by atoms with van der Waals surface area (Å²) in [5.41, 5.74) is 4.32. The molecule has 0 unspecified atom stereocenters. The molecule has 2 heterocycles. The van der Waals surface area contributed by atoms with Crippen molar-refractivity contribution < 1.29 is 4.74 Å². The van der Waals surface area contributed by atoms with E-state index in [1.807, 2.05) is 72.4 Å². The van der Waals surface area contributed by atoms with Crippen LogP contribution in [-0.2, 0) is 0 Å². The number of anilines is 2. The van der Waals surface area contributed by atoms with Gasteiger partial charge < -0.3 is 10.1 Å². The van der Waals surface area contributed by atoms with Crippen molar-refractivity contribution in [3.8, 4) is 22.7 Å². The second-order valence-electron chi connectivity index (χ2n) is 6.14. The third kappa shape index (κ3) is 3.68. The number of nitrogens with zero attached hydrogens (tertiary/aromatic N) is 4. The molecule has 0 fully saturated rings. The van der Waals surface area contributed by atoms with Gasteiger partial charge in [0.1, 0.15) is 5.75 Å². The predicted octanol–water partition coefficient (Wildman–Crippen LogP) is 5.04. The maximum absolute atomic E-state index is 5.97. The number of methoxy groups -OCH3 is 1. The number of rotatable bonds is 5. The van der Waals surface area contributed by atoms with Crippen molar-refractivity contribution in [2.45, 2.75) is 6.92 Å². The Hall–Kier alpha value is -3.38. The highest BCUT2D eigenvalue weighted by atomic mass is 35.5. The average molecular weight is 392 g/mol. The Labute approximate surface area is 167 Å². The summed E-state index contributed by atoms with van der Waals surface area (Å²) in [6.07, 6.45) is 3.67. The minimum atomic E-state index is 0.487. The standard InChI is InChI=1S/C21H18ClN5O/c1-14-17(13-27(26-14)16-9-7-15(22)8-10-16)18-11-12-23-21(24-18)25-19-5-3-4-6-20(19)28-2/h3-13H,1-2H3,(H,23,24,25). The zero-order valence-corrected chi connectivity index (χ0v) is 16.2. The van der Waals surface area contributed by atoms with Crippen LogP contribution >= 0.6 is 11.6 Å². The first-order valence-electron chi connectivity index (χ1n) is 8.70. The largest absolute Gasteiger partial charge is 0.495 e. The number of aryl methyl sites for hydroxylation is 1. The van der Waals surface area contributed by atoms with Gasteiger partial charge in [-0.2, -0.15) is 5.10 Å².